The Morgan fingerprint density at radius 2 is 2.15 bits per heavy atom. The standard InChI is InChI=1S/C19H30N4O3S/c1-15-20-17(12-27-15)18(24)23-9-10-25-14-19(13-23)4-3-16(26-19)11-22-7-5-21(2)6-8-22/h12,16H,3-11,13-14H2,1-2H3/t16?,19-/m0/s1. The number of aryl methyl sites for hydroxylation is 1. The maximum atomic E-state index is 12.9. The number of thiazole rings is 1. The average molecular weight is 395 g/mol. The van der Waals surface area contributed by atoms with Crippen molar-refractivity contribution in [3.63, 3.8) is 0 Å². The molecule has 3 saturated heterocycles. The topological polar surface area (TPSA) is 58.1 Å². The summed E-state index contributed by atoms with van der Waals surface area (Å²) in [6.07, 6.45) is 2.22. The molecule has 1 unspecified atom stereocenters. The number of likely N-dealkylation sites (N-methyl/N-ethyl adjacent to an activating group) is 1. The first-order valence-electron chi connectivity index (χ1n) is 9.91. The number of amides is 1. The summed E-state index contributed by atoms with van der Waals surface area (Å²) in [4.78, 5) is 24.0. The van der Waals surface area contributed by atoms with Gasteiger partial charge < -0.3 is 19.3 Å². The molecule has 150 valence electrons. The molecule has 3 fully saturated rings. The lowest BCUT2D eigenvalue weighted by Crippen LogP contribution is -2.49. The first kappa shape index (κ1) is 19.3. The molecule has 3 aliphatic rings. The van der Waals surface area contributed by atoms with Crippen molar-refractivity contribution in [3.05, 3.63) is 16.1 Å². The van der Waals surface area contributed by atoms with E-state index in [0.29, 0.717) is 32.0 Å². The molecule has 0 radical (unpaired) electrons. The van der Waals surface area contributed by atoms with E-state index in [4.69, 9.17) is 9.47 Å². The van der Waals surface area contributed by atoms with Gasteiger partial charge >= 0.3 is 0 Å². The van der Waals surface area contributed by atoms with E-state index < -0.39 is 0 Å². The molecule has 0 aliphatic carbocycles. The summed E-state index contributed by atoms with van der Waals surface area (Å²) < 4.78 is 12.4. The van der Waals surface area contributed by atoms with Crippen LogP contribution in [-0.4, -0.2) is 103 Å². The van der Waals surface area contributed by atoms with Crippen LogP contribution >= 0.6 is 11.3 Å². The Balaban J connectivity index is 1.38. The molecule has 7 nitrogen and oxygen atoms in total. The fourth-order valence-electron chi connectivity index (χ4n) is 4.27. The lowest BCUT2D eigenvalue weighted by molar-refractivity contribution is -0.0915. The van der Waals surface area contributed by atoms with Gasteiger partial charge in [-0.25, -0.2) is 4.98 Å². The summed E-state index contributed by atoms with van der Waals surface area (Å²) in [6.45, 7) is 9.70. The minimum absolute atomic E-state index is 0.00431. The van der Waals surface area contributed by atoms with Gasteiger partial charge in [0.1, 0.15) is 11.3 Å². The van der Waals surface area contributed by atoms with Crippen LogP contribution in [0, 0.1) is 6.92 Å². The molecule has 0 N–H and O–H groups in total. The summed E-state index contributed by atoms with van der Waals surface area (Å²) >= 11 is 1.52. The molecule has 1 aromatic rings. The van der Waals surface area contributed by atoms with E-state index in [2.05, 4.69) is 21.8 Å². The normalized spacial score (nSPS) is 30.7. The SMILES string of the molecule is Cc1nc(C(=O)N2CCOC[C@]3(CCC(CN4CCN(C)CC4)O3)C2)cs1. The van der Waals surface area contributed by atoms with Gasteiger partial charge in [-0.2, -0.15) is 0 Å². The van der Waals surface area contributed by atoms with Crippen molar-refractivity contribution in [2.24, 2.45) is 0 Å². The third kappa shape index (κ3) is 4.51. The van der Waals surface area contributed by atoms with E-state index in [-0.39, 0.29) is 17.6 Å². The Morgan fingerprint density at radius 3 is 2.89 bits per heavy atom. The Morgan fingerprint density at radius 1 is 1.33 bits per heavy atom. The van der Waals surface area contributed by atoms with Crippen molar-refractivity contribution in [1.29, 1.82) is 0 Å². The summed E-state index contributed by atoms with van der Waals surface area (Å²) in [5.74, 6) is -0.00431. The van der Waals surface area contributed by atoms with Crippen molar-refractivity contribution in [2.45, 2.75) is 31.5 Å². The van der Waals surface area contributed by atoms with Gasteiger partial charge in [0.05, 0.1) is 30.9 Å². The number of nitrogens with zero attached hydrogens (tertiary/aromatic N) is 4. The van der Waals surface area contributed by atoms with Gasteiger partial charge in [-0.05, 0) is 26.8 Å². The van der Waals surface area contributed by atoms with E-state index in [1.54, 1.807) is 0 Å². The molecule has 0 bridgehead atoms. The van der Waals surface area contributed by atoms with Gasteiger partial charge in [0, 0.05) is 44.6 Å². The largest absolute Gasteiger partial charge is 0.377 e. The lowest BCUT2D eigenvalue weighted by atomic mass is 10.00. The minimum Gasteiger partial charge on any atom is -0.377 e. The van der Waals surface area contributed by atoms with Gasteiger partial charge in [-0.1, -0.05) is 0 Å². The van der Waals surface area contributed by atoms with E-state index in [0.717, 1.165) is 50.6 Å². The molecule has 4 heterocycles. The first-order chi connectivity index (χ1) is 13.0. The second kappa shape index (κ2) is 8.13. The van der Waals surface area contributed by atoms with E-state index >= 15 is 0 Å². The molecule has 1 spiro atoms. The molecular formula is C19H30N4O3S. The van der Waals surface area contributed by atoms with Crippen molar-refractivity contribution in [1.82, 2.24) is 19.7 Å². The zero-order valence-corrected chi connectivity index (χ0v) is 17.2. The van der Waals surface area contributed by atoms with E-state index in [1.807, 2.05) is 17.2 Å². The molecule has 2 atom stereocenters. The van der Waals surface area contributed by atoms with Crippen molar-refractivity contribution in [2.75, 3.05) is 66.1 Å². The molecule has 27 heavy (non-hydrogen) atoms. The Hall–Kier alpha value is -1.06. The predicted octanol–water partition coefficient (Wildman–Crippen LogP) is 1.09. The number of rotatable bonds is 3. The van der Waals surface area contributed by atoms with Gasteiger partial charge in [0.15, 0.2) is 0 Å². The maximum absolute atomic E-state index is 12.9. The Kier molecular flexibility index (Phi) is 5.80. The van der Waals surface area contributed by atoms with Gasteiger partial charge in [0.2, 0.25) is 0 Å². The summed E-state index contributed by atoms with van der Waals surface area (Å²) in [5.41, 5.74) is 0.176. The highest BCUT2D eigenvalue weighted by Gasteiger charge is 2.44. The van der Waals surface area contributed by atoms with Crippen molar-refractivity contribution < 1.29 is 14.3 Å². The van der Waals surface area contributed by atoms with Crippen LogP contribution < -0.4 is 0 Å². The molecule has 1 aromatic heterocycles. The van der Waals surface area contributed by atoms with Crippen LogP contribution in [-0.2, 0) is 9.47 Å². The highest BCUT2D eigenvalue weighted by Crippen LogP contribution is 2.34. The van der Waals surface area contributed by atoms with Crippen LogP contribution in [0.3, 0.4) is 0 Å². The lowest BCUT2D eigenvalue weighted by Gasteiger charge is -2.35. The molecule has 0 saturated carbocycles. The number of ether oxygens (including phenoxy) is 2. The minimum atomic E-state index is -0.367. The fourth-order valence-corrected chi connectivity index (χ4v) is 4.85. The first-order valence-corrected chi connectivity index (χ1v) is 10.8. The highest BCUT2D eigenvalue weighted by atomic mass is 32.1. The number of aromatic nitrogens is 1. The smallest absolute Gasteiger partial charge is 0.273 e. The number of piperazine rings is 1. The maximum Gasteiger partial charge on any atom is 0.273 e. The quantitative estimate of drug-likeness (QED) is 0.765. The second-order valence-corrected chi connectivity index (χ2v) is 9.16. The van der Waals surface area contributed by atoms with Gasteiger partial charge in [-0.3, -0.25) is 9.69 Å². The molecule has 3 aliphatic heterocycles. The molecule has 8 heteroatoms. The molecular weight excluding hydrogens is 364 g/mol. The van der Waals surface area contributed by atoms with E-state index in [9.17, 15) is 4.79 Å². The molecule has 0 aromatic carbocycles. The predicted molar refractivity (Wildman–Crippen MR) is 104 cm³/mol. The zero-order valence-electron chi connectivity index (χ0n) is 16.4. The van der Waals surface area contributed by atoms with Crippen LogP contribution in [0.25, 0.3) is 0 Å². The summed E-state index contributed by atoms with van der Waals surface area (Å²) in [6, 6.07) is 0. The highest BCUT2D eigenvalue weighted by molar-refractivity contribution is 7.09. The number of hydrogen-bond acceptors (Lipinski definition) is 7. The zero-order chi connectivity index (χ0) is 18.9. The molecule has 4 rings (SSSR count). The Labute approximate surface area is 165 Å². The van der Waals surface area contributed by atoms with Crippen molar-refractivity contribution in [3.8, 4) is 0 Å². The third-order valence-electron chi connectivity index (χ3n) is 5.87. The van der Waals surface area contributed by atoms with Crippen LogP contribution in [0.15, 0.2) is 5.38 Å². The van der Waals surface area contributed by atoms with Crippen LogP contribution in [0.5, 0.6) is 0 Å². The van der Waals surface area contributed by atoms with Gasteiger partial charge in [-0.15, -0.1) is 11.3 Å². The monoisotopic (exact) mass is 394 g/mol. The van der Waals surface area contributed by atoms with Crippen LogP contribution in [0.2, 0.25) is 0 Å². The second-order valence-electron chi connectivity index (χ2n) is 8.10. The van der Waals surface area contributed by atoms with Gasteiger partial charge in [0.25, 0.3) is 5.91 Å². The number of carbonyl (C=O) groups is 1. The summed E-state index contributed by atoms with van der Waals surface area (Å²) in [7, 11) is 2.18. The average Bonchev–Trinajstić information content (AvgIpc) is 3.19. The van der Waals surface area contributed by atoms with Crippen LogP contribution in [0.4, 0.5) is 0 Å². The third-order valence-corrected chi connectivity index (χ3v) is 6.64. The molecule has 1 amide bonds. The number of hydrogen-bond donors (Lipinski definition) is 0. The Bertz CT molecular complexity index is 661. The summed E-state index contributed by atoms with van der Waals surface area (Å²) in [5, 5.41) is 2.77. The van der Waals surface area contributed by atoms with Crippen LogP contribution in [0.1, 0.15) is 28.3 Å². The van der Waals surface area contributed by atoms with E-state index in [1.165, 1.54) is 11.3 Å². The fraction of sp³-hybridized carbons (Fsp3) is 0.789. The number of carbonyl (C=O) groups excluding carboxylic acids is 1. The van der Waals surface area contributed by atoms with Crippen molar-refractivity contribution >= 4 is 17.2 Å².